The number of nitrogens with one attached hydrogen (secondary N) is 2. The van der Waals surface area contributed by atoms with Crippen molar-refractivity contribution < 1.29 is 44.1 Å². The Labute approximate surface area is 584 Å². The summed E-state index contributed by atoms with van der Waals surface area (Å²) in [7, 11) is -4.55. The van der Waals surface area contributed by atoms with Crippen LogP contribution < -0.4 is 32.8 Å². The van der Waals surface area contributed by atoms with Crippen molar-refractivity contribution in [2.45, 2.75) is 96.8 Å². The predicted octanol–water partition coefficient (Wildman–Crippen LogP) is 13.2. The van der Waals surface area contributed by atoms with Gasteiger partial charge in [-0.3, -0.25) is 9.59 Å². The minimum Gasteiger partial charge on any atom is -1.00 e. The second kappa shape index (κ2) is 29.3. The van der Waals surface area contributed by atoms with E-state index in [0.29, 0.717) is 25.9 Å². The van der Waals surface area contributed by atoms with Gasteiger partial charge in [0.25, 0.3) is 0 Å². The number of fused-ring (bicyclic) bond motifs is 12. The van der Waals surface area contributed by atoms with E-state index in [-0.39, 0.29) is 53.6 Å². The topological polar surface area (TPSA) is 128 Å². The number of carbonyl (C=O) groups is 2. The maximum absolute atomic E-state index is 12.5. The molecule has 498 valence electrons. The number of terminal acetylenes is 2. The Hall–Kier alpha value is -10.1. The van der Waals surface area contributed by atoms with Gasteiger partial charge in [0.2, 0.25) is 29.1 Å². The average molecular weight is 1340 g/mol. The minimum absolute atomic E-state index is 0. The number of rotatable bonds is 19. The summed E-state index contributed by atoms with van der Waals surface area (Å²) < 4.78 is 39.9. The normalized spacial score (nSPS) is 17.3. The van der Waals surface area contributed by atoms with Crippen LogP contribution in [0, 0.1) is 24.7 Å². The molecule has 11 nitrogen and oxygen atoms in total. The highest BCUT2D eigenvalue weighted by Crippen LogP contribution is 2.53. The Kier molecular flexibility index (Phi) is 21.2. The van der Waals surface area contributed by atoms with Crippen LogP contribution in [0.25, 0.3) is 43.1 Å². The van der Waals surface area contributed by atoms with Gasteiger partial charge in [0.15, 0.2) is 28.1 Å². The van der Waals surface area contributed by atoms with Crippen LogP contribution in [0.5, 0.6) is 0 Å². The number of allylic oxidation sites excluding steroid dienone is 16. The van der Waals surface area contributed by atoms with E-state index in [1.807, 2.05) is 78.9 Å². The first-order valence-electron chi connectivity index (χ1n) is 33.3. The van der Waals surface area contributed by atoms with Gasteiger partial charge in [0.1, 0.15) is 0 Å². The Bertz CT molecular complexity index is 5020. The summed E-state index contributed by atoms with van der Waals surface area (Å²) in [5.41, 5.74) is 12.3. The van der Waals surface area contributed by atoms with Gasteiger partial charge in [-0.05, 0) is 125 Å². The number of carbonyl (C=O) groups excluding carboxylic acids is 2. The third kappa shape index (κ3) is 13.9. The van der Waals surface area contributed by atoms with Crippen LogP contribution in [-0.2, 0) is 41.4 Å². The lowest BCUT2D eigenvalue weighted by molar-refractivity contribution is -0.436. The summed E-state index contributed by atoms with van der Waals surface area (Å²) in [6.07, 6.45) is 39.9. The monoisotopic (exact) mass is 1340 g/mol. The molecule has 0 bridgehead atoms. The third-order valence-electron chi connectivity index (χ3n) is 19.4. The summed E-state index contributed by atoms with van der Waals surface area (Å²) in [5.74, 6) is 4.17. The Morgan fingerprint density at radius 1 is 0.480 bits per heavy atom. The Balaban J connectivity index is 0.000000211. The zero-order valence-electron chi connectivity index (χ0n) is 57.4. The van der Waals surface area contributed by atoms with Crippen LogP contribution in [0.4, 0.5) is 22.7 Å². The molecule has 2 N–H and O–H groups in total. The fourth-order valence-corrected chi connectivity index (χ4v) is 15.7. The maximum atomic E-state index is 12.5. The van der Waals surface area contributed by atoms with Crippen molar-refractivity contribution in [3.05, 3.63) is 264 Å². The standard InChI is InChI=1S/C43H43N3O.C42H41N3O4S.ClH/c1-7-29-44-39(47)28-30-46-36-27-25-32-19-15-17-21-34(32)41(36)43(5,6)38(46)23-13-11-9-10-12-22-37-42(3,4)40-33-20-16-14-18-31(33)24-26-35(40)45(37)8-2;1-6-27-43-38(46)26-28-44-34-24-22-30-16-12-14-18-32(30)39(34)41(2,3)36(44)20-10-8-7-9-11-21-37-42(4,5)40-33-19-15-13-17-31(33)23-25-35(40)45(37)29-50(47,48)49;/h1,9-27H,8,28-30H2,2-6H3;1,7-25H,26-29H2,2-5H3,(H-,43,46,47,48,49);1H. The first-order chi connectivity index (χ1) is 46.5. The number of nitrogens with zero attached hydrogens (tertiary/aromatic N) is 4. The van der Waals surface area contributed by atoms with Gasteiger partial charge in [0.05, 0.1) is 30.3 Å². The first-order valence-corrected chi connectivity index (χ1v) is 34.8. The van der Waals surface area contributed by atoms with Crippen LogP contribution in [0.3, 0.4) is 0 Å². The van der Waals surface area contributed by atoms with Crippen molar-refractivity contribution >= 4 is 99.2 Å². The van der Waals surface area contributed by atoms with Crippen molar-refractivity contribution in [3.63, 3.8) is 0 Å². The SMILES string of the molecule is C#CCNC(=O)CCN1C(=CC=CC=CC=CC2=[N+](CS(=O)(=O)[O-])c3ccc4ccccc4c3C2(C)C)C(C)(C)c2c1ccc1ccccc21.C#CCNC(=O)CC[N+]1=C(/C=C/C=C/C=C/C=C2/N(CC)c3ccc4ccccc4c3C2(C)C)C(C)(C)c2c1ccc1ccccc21.[Cl-]. The van der Waals surface area contributed by atoms with Crippen molar-refractivity contribution in [3.8, 4) is 24.7 Å². The first kappa shape index (κ1) is 70.7. The Morgan fingerprint density at radius 2 is 0.847 bits per heavy atom. The van der Waals surface area contributed by atoms with Crippen LogP contribution in [0.1, 0.15) is 97.4 Å². The van der Waals surface area contributed by atoms with Crippen molar-refractivity contribution in [1.82, 2.24) is 10.6 Å². The van der Waals surface area contributed by atoms with Gasteiger partial charge in [-0.1, -0.05) is 209 Å². The van der Waals surface area contributed by atoms with Crippen molar-refractivity contribution in [2.75, 3.05) is 48.4 Å². The summed E-state index contributed by atoms with van der Waals surface area (Å²) in [6.45, 7) is 22.4. The molecule has 13 heteroatoms. The fourth-order valence-electron chi connectivity index (χ4n) is 15.1. The molecule has 4 heterocycles. The lowest BCUT2D eigenvalue weighted by atomic mass is 9.79. The van der Waals surface area contributed by atoms with E-state index in [1.54, 1.807) is 4.58 Å². The van der Waals surface area contributed by atoms with Gasteiger partial charge in [-0.15, -0.1) is 12.8 Å². The summed E-state index contributed by atoms with van der Waals surface area (Å²) in [6, 6.07) is 50.6. The van der Waals surface area contributed by atoms with Crippen molar-refractivity contribution in [1.29, 1.82) is 0 Å². The van der Waals surface area contributed by atoms with E-state index in [0.717, 1.165) is 51.4 Å². The molecule has 4 aliphatic heterocycles. The lowest BCUT2D eigenvalue weighted by Gasteiger charge is -2.27. The predicted molar refractivity (Wildman–Crippen MR) is 401 cm³/mol. The number of amides is 2. The average Bonchev–Trinajstić information content (AvgIpc) is 1.61. The van der Waals surface area contributed by atoms with E-state index in [4.69, 9.17) is 12.8 Å². The molecule has 0 aromatic heterocycles. The summed E-state index contributed by atoms with van der Waals surface area (Å²) in [4.78, 5) is 29.7. The number of benzene rings is 8. The molecule has 8 aromatic carbocycles. The molecule has 0 spiro atoms. The van der Waals surface area contributed by atoms with E-state index in [2.05, 4.69) is 251 Å². The van der Waals surface area contributed by atoms with Crippen molar-refractivity contribution in [2.24, 2.45) is 0 Å². The highest BCUT2D eigenvalue weighted by atomic mass is 35.5. The van der Waals surface area contributed by atoms with Crippen LogP contribution in [0.15, 0.2) is 242 Å². The van der Waals surface area contributed by atoms with Gasteiger partial charge < -0.3 is 37.4 Å². The largest absolute Gasteiger partial charge is 1.00 e. The molecule has 0 saturated heterocycles. The molecule has 0 radical (unpaired) electrons. The van der Waals surface area contributed by atoms with Gasteiger partial charge in [-0.2, -0.15) is 9.15 Å². The molecule has 98 heavy (non-hydrogen) atoms. The summed E-state index contributed by atoms with van der Waals surface area (Å²) in [5, 5.41) is 15.1. The second-order valence-corrected chi connectivity index (χ2v) is 28.4. The number of likely N-dealkylation sites (N-methyl/N-ethyl adjacent to an activating group) is 1. The Morgan fingerprint density at radius 3 is 1.29 bits per heavy atom. The van der Waals surface area contributed by atoms with Crippen LogP contribution in [-0.4, -0.2) is 84.0 Å². The quantitative estimate of drug-likeness (QED) is 0.0357. The maximum Gasteiger partial charge on any atom is 0.237 e. The molecule has 4 aliphatic rings. The molecule has 0 saturated carbocycles. The highest BCUT2D eigenvalue weighted by molar-refractivity contribution is 7.85. The molecule has 0 fully saturated rings. The molecule has 0 aliphatic carbocycles. The number of hydrogen-bond donors (Lipinski definition) is 2. The smallest absolute Gasteiger partial charge is 0.237 e. The van der Waals surface area contributed by atoms with Gasteiger partial charge in [0, 0.05) is 88.5 Å². The number of halogens is 1. The molecule has 12 rings (SSSR count). The van der Waals surface area contributed by atoms with Crippen LogP contribution >= 0.6 is 0 Å². The summed E-state index contributed by atoms with van der Waals surface area (Å²) >= 11 is 0. The van der Waals surface area contributed by atoms with Crippen LogP contribution in [0.2, 0.25) is 0 Å². The van der Waals surface area contributed by atoms with Gasteiger partial charge >= 0.3 is 0 Å². The molecule has 2 amide bonds. The van der Waals surface area contributed by atoms with E-state index in [9.17, 15) is 22.6 Å². The highest BCUT2D eigenvalue weighted by Gasteiger charge is 2.48. The van der Waals surface area contributed by atoms with E-state index >= 15 is 0 Å². The molecule has 0 unspecified atom stereocenters. The third-order valence-corrected chi connectivity index (χ3v) is 20.0. The van der Waals surface area contributed by atoms with E-state index in [1.165, 1.54) is 66.1 Å². The van der Waals surface area contributed by atoms with Gasteiger partial charge in [-0.25, -0.2) is 8.42 Å². The zero-order valence-corrected chi connectivity index (χ0v) is 58.9. The number of hydrogen-bond acceptors (Lipinski definition) is 7. The lowest BCUT2D eigenvalue weighted by Crippen LogP contribution is -3.00. The molecule has 0 atom stereocenters. The fraction of sp³-hybridized carbons (Fsp3) is 0.247. The zero-order chi connectivity index (χ0) is 68.9. The second-order valence-electron chi connectivity index (χ2n) is 27.0. The molecular weight excluding hydrogens is 1250 g/mol. The number of anilines is 2. The molecular formula is C85H85ClN6O5S. The van der Waals surface area contributed by atoms with E-state index < -0.39 is 21.4 Å². The molecule has 8 aromatic rings. The minimum atomic E-state index is -4.55.